The van der Waals surface area contributed by atoms with Gasteiger partial charge in [-0.1, -0.05) is 0 Å². The number of aromatic amines is 1. The van der Waals surface area contributed by atoms with Crippen LogP contribution in [0.3, 0.4) is 0 Å². The fraction of sp³-hybridized carbons (Fsp3) is 0.500. The van der Waals surface area contributed by atoms with E-state index in [4.69, 9.17) is 4.74 Å². The van der Waals surface area contributed by atoms with E-state index in [9.17, 15) is 4.79 Å². The van der Waals surface area contributed by atoms with Crippen LogP contribution in [0.25, 0.3) is 0 Å². The Labute approximate surface area is 148 Å². The lowest BCUT2D eigenvalue weighted by Crippen LogP contribution is -2.44. The standard InChI is InChI=1S/C20H25N3O2/c1-13(2)25-18-8-3-14(4-9-18)20(24)23(16-5-6-16)17-7-10-19-15(11-17)12-21-22-19/h3-4,8-9,12-13,16-17H,5-7,10-11H2,1-2H3,(H,21,22)/t17-/m0/s1. The lowest BCUT2D eigenvalue weighted by Gasteiger charge is -2.34. The summed E-state index contributed by atoms with van der Waals surface area (Å²) in [4.78, 5) is 15.3. The number of hydrogen-bond donors (Lipinski definition) is 1. The van der Waals surface area contributed by atoms with Crippen molar-refractivity contribution in [1.82, 2.24) is 15.1 Å². The summed E-state index contributed by atoms with van der Waals surface area (Å²) in [6.45, 7) is 4.00. The molecule has 1 aromatic carbocycles. The van der Waals surface area contributed by atoms with Crippen molar-refractivity contribution in [2.75, 3.05) is 0 Å². The lowest BCUT2D eigenvalue weighted by molar-refractivity contribution is 0.0642. The van der Waals surface area contributed by atoms with Crippen LogP contribution in [-0.4, -0.2) is 39.2 Å². The third-order valence-electron chi connectivity index (χ3n) is 5.03. The molecule has 0 unspecified atom stereocenters. The minimum Gasteiger partial charge on any atom is -0.491 e. The first-order valence-corrected chi connectivity index (χ1v) is 9.22. The number of ether oxygens (including phenoxy) is 1. The molecular formula is C20H25N3O2. The fourth-order valence-corrected chi connectivity index (χ4v) is 3.71. The third kappa shape index (κ3) is 3.41. The Balaban J connectivity index is 1.52. The van der Waals surface area contributed by atoms with E-state index in [1.807, 2.05) is 44.3 Å². The molecule has 2 aromatic rings. The summed E-state index contributed by atoms with van der Waals surface area (Å²) in [5, 5.41) is 7.23. The van der Waals surface area contributed by atoms with E-state index in [1.54, 1.807) is 0 Å². The predicted octanol–water partition coefficient (Wildman–Crippen LogP) is 3.36. The van der Waals surface area contributed by atoms with Gasteiger partial charge in [0.25, 0.3) is 5.91 Å². The van der Waals surface area contributed by atoms with Gasteiger partial charge in [-0.2, -0.15) is 5.10 Å². The number of amides is 1. The van der Waals surface area contributed by atoms with E-state index in [0.717, 1.165) is 43.4 Å². The molecule has 0 radical (unpaired) electrons. The molecule has 4 rings (SSSR count). The van der Waals surface area contributed by atoms with E-state index >= 15 is 0 Å². The number of H-pyrrole nitrogens is 1. The first kappa shape index (κ1) is 16.2. The molecule has 1 amide bonds. The average Bonchev–Trinajstić information content (AvgIpc) is 3.31. The Morgan fingerprint density at radius 2 is 1.96 bits per heavy atom. The first-order valence-electron chi connectivity index (χ1n) is 9.22. The molecule has 2 aliphatic carbocycles. The van der Waals surface area contributed by atoms with Crippen LogP contribution in [0.4, 0.5) is 0 Å². The Kier molecular flexibility index (Phi) is 4.24. The van der Waals surface area contributed by atoms with Crippen LogP contribution < -0.4 is 4.74 Å². The van der Waals surface area contributed by atoms with Gasteiger partial charge in [0.05, 0.1) is 12.3 Å². The number of aryl methyl sites for hydroxylation is 1. The summed E-state index contributed by atoms with van der Waals surface area (Å²) in [5.41, 5.74) is 3.24. The molecule has 0 saturated heterocycles. The average molecular weight is 339 g/mol. The summed E-state index contributed by atoms with van der Waals surface area (Å²) in [6, 6.07) is 8.25. The van der Waals surface area contributed by atoms with Crippen molar-refractivity contribution in [2.45, 2.75) is 64.1 Å². The van der Waals surface area contributed by atoms with Crippen LogP contribution in [0.1, 0.15) is 54.7 Å². The molecule has 1 fully saturated rings. The summed E-state index contributed by atoms with van der Waals surface area (Å²) < 4.78 is 5.68. The van der Waals surface area contributed by atoms with Crippen molar-refractivity contribution in [1.29, 1.82) is 0 Å². The maximum absolute atomic E-state index is 13.2. The number of hydrogen-bond acceptors (Lipinski definition) is 3. The van der Waals surface area contributed by atoms with Crippen molar-refractivity contribution in [3.63, 3.8) is 0 Å². The van der Waals surface area contributed by atoms with E-state index in [1.165, 1.54) is 11.3 Å². The Hall–Kier alpha value is -2.30. The second kappa shape index (κ2) is 6.54. The SMILES string of the molecule is CC(C)Oc1ccc(C(=O)N(C2CC2)[C@H]2CCc3[nH]ncc3C2)cc1. The van der Waals surface area contributed by atoms with Gasteiger partial charge in [0, 0.05) is 23.3 Å². The molecule has 1 N–H and O–H groups in total. The highest BCUT2D eigenvalue weighted by atomic mass is 16.5. The molecule has 0 bridgehead atoms. The molecule has 5 heteroatoms. The maximum Gasteiger partial charge on any atom is 0.254 e. The molecule has 5 nitrogen and oxygen atoms in total. The van der Waals surface area contributed by atoms with E-state index in [2.05, 4.69) is 15.1 Å². The molecule has 132 valence electrons. The number of aromatic nitrogens is 2. The first-order chi connectivity index (χ1) is 12.1. The maximum atomic E-state index is 13.2. The van der Waals surface area contributed by atoms with E-state index in [0.29, 0.717) is 6.04 Å². The summed E-state index contributed by atoms with van der Waals surface area (Å²) in [5.74, 6) is 0.959. The monoisotopic (exact) mass is 339 g/mol. The highest BCUT2D eigenvalue weighted by Gasteiger charge is 2.39. The van der Waals surface area contributed by atoms with Crippen LogP contribution in [0.5, 0.6) is 5.75 Å². The smallest absolute Gasteiger partial charge is 0.254 e. The summed E-state index contributed by atoms with van der Waals surface area (Å²) in [7, 11) is 0. The molecule has 0 aliphatic heterocycles. The largest absolute Gasteiger partial charge is 0.491 e. The zero-order valence-corrected chi connectivity index (χ0v) is 14.9. The van der Waals surface area contributed by atoms with Crippen molar-refractivity contribution in [3.8, 4) is 5.75 Å². The van der Waals surface area contributed by atoms with Crippen molar-refractivity contribution >= 4 is 5.91 Å². The number of carbonyl (C=O) groups excluding carboxylic acids is 1. The predicted molar refractivity (Wildman–Crippen MR) is 95.8 cm³/mol. The van der Waals surface area contributed by atoms with E-state index in [-0.39, 0.29) is 18.1 Å². The second-order valence-electron chi connectivity index (χ2n) is 7.40. The molecule has 1 heterocycles. The molecule has 0 spiro atoms. The number of benzene rings is 1. The van der Waals surface area contributed by atoms with Gasteiger partial charge in [-0.3, -0.25) is 9.89 Å². The molecule has 25 heavy (non-hydrogen) atoms. The highest BCUT2D eigenvalue weighted by Crippen LogP contribution is 2.34. The number of fused-ring (bicyclic) bond motifs is 1. The zero-order chi connectivity index (χ0) is 17.4. The van der Waals surface area contributed by atoms with Crippen molar-refractivity contribution in [2.24, 2.45) is 0 Å². The Bertz CT molecular complexity index is 747. The zero-order valence-electron chi connectivity index (χ0n) is 14.9. The van der Waals surface area contributed by atoms with Crippen LogP contribution in [0, 0.1) is 0 Å². The number of nitrogens with one attached hydrogen (secondary N) is 1. The fourth-order valence-electron chi connectivity index (χ4n) is 3.71. The van der Waals surface area contributed by atoms with Crippen LogP contribution in [0.15, 0.2) is 30.5 Å². The third-order valence-corrected chi connectivity index (χ3v) is 5.03. The topological polar surface area (TPSA) is 58.2 Å². The molecule has 2 aliphatic rings. The highest BCUT2D eigenvalue weighted by molar-refractivity contribution is 5.95. The van der Waals surface area contributed by atoms with Gasteiger partial charge in [0.2, 0.25) is 0 Å². The van der Waals surface area contributed by atoms with Gasteiger partial charge in [-0.25, -0.2) is 0 Å². The van der Waals surface area contributed by atoms with Crippen LogP contribution >= 0.6 is 0 Å². The normalized spacial score (nSPS) is 19.6. The quantitative estimate of drug-likeness (QED) is 0.909. The number of nitrogens with zero attached hydrogens (tertiary/aromatic N) is 2. The van der Waals surface area contributed by atoms with Gasteiger partial charge in [0.1, 0.15) is 5.75 Å². The van der Waals surface area contributed by atoms with Crippen LogP contribution in [-0.2, 0) is 12.8 Å². The van der Waals surface area contributed by atoms with Gasteiger partial charge >= 0.3 is 0 Å². The molecule has 1 atom stereocenters. The van der Waals surface area contributed by atoms with Gasteiger partial charge in [0.15, 0.2) is 0 Å². The van der Waals surface area contributed by atoms with Gasteiger partial charge < -0.3 is 9.64 Å². The van der Waals surface area contributed by atoms with Crippen molar-refractivity contribution in [3.05, 3.63) is 47.3 Å². The Morgan fingerprint density at radius 1 is 1.20 bits per heavy atom. The second-order valence-corrected chi connectivity index (χ2v) is 7.40. The summed E-state index contributed by atoms with van der Waals surface area (Å²) >= 11 is 0. The summed E-state index contributed by atoms with van der Waals surface area (Å²) in [6.07, 6.45) is 7.17. The minimum absolute atomic E-state index is 0.135. The van der Waals surface area contributed by atoms with Gasteiger partial charge in [-0.05, 0) is 75.8 Å². The van der Waals surface area contributed by atoms with Crippen molar-refractivity contribution < 1.29 is 9.53 Å². The molecular weight excluding hydrogens is 314 g/mol. The molecule has 1 aromatic heterocycles. The number of carbonyl (C=O) groups is 1. The lowest BCUT2D eigenvalue weighted by atomic mass is 9.92. The molecule has 1 saturated carbocycles. The van der Waals surface area contributed by atoms with Crippen LogP contribution in [0.2, 0.25) is 0 Å². The van der Waals surface area contributed by atoms with Gasteiger partial charge in [-0.15, -0.1) is 0 Å². The minimum atomic E-state index is 0.135. The van der Waals surface area contributed by atoms with E-state index < -0.39 is 0 Å². The Morgan fingerprint density at radius 3 is 2.64 bits per heavy atom. The number of rotatable bonds is 5.